The molecule has 0 bridgehead atoms. The molecular formula is C15H29N3O8. The van der Waals surface area contributed by atoms with Gasteiger partial charge in [-0.1, -0.05) is 0 Å². The summed E-state index contributed by atoms with van der Waals surface area (Å²) in [5, 5.41) is 22.3. The zero-order chi connectivity index (χ0) is 19.6. The van der Waals surface area contributed by atoms with Gasteiger partial charge in [0.25, 0.3) is 0 Å². The van der Waals surface area contributed by atoms with Gasteiger partial charge in [0.05, 0.1) is 52.7 Å². The van der Waals surface area contributed by atoms with E-state index in [9.17, 15) is 14.4 Å². The molecule has 0 rings (SSSR count). The molecule has 0 aliphatic heterocycles. The van der Waals surface area contributed by atoms with Crippen LogP contribution in [0.4, 0.5) is 0 Å². The summed E-state index contributed by atoms with van der Waals surface area (Å²) in [6, 6.07) is 0. The maximum Gasteiger partial charge on any atom is 0.317 e. The van der Waals surface area contributed by atoms with Gasteiger partial charge in [0.2, 0.25) is 11.8 Å². The largest absolute Gasteiger partial charge is 0.480 e. The lowest BCUT2D eigenvalue weighted by molar-refractivity contribution is -0.138. The first-order valence-electron chi connectivity index (χ1n) is 8.23. The van der Waals surface area contributed by atoms with Gasteiger partial charge in [-0.2, -0.15) is 0 Å². The highest BCUT2D eigenvalue weighted by Gasteiger charge is 2.08. The van der Waals surface area contributed by atoms with Gasteiger partial charge in [-0.05, 0) is 7.05 Å². The number of aliphatic hydroxyl groups excluding tert-OH is 1. The van der Waals surface area contributed by atoms with E-state index in [-0.39, 0.29) is 64.5 Å². The fraction of sp³-hybridized carbons (Fsp3) is 0.800. The Hall–Kier alpha value is -1.79. The molecule has 0 aromatic heterocycles. The maximum atomic E-state index is 11.5. The molecule has 0 aliphatic rings. The number of carbonyl (C=O) groups is 3. The summed E-state index contributed by atoms with van der Waals surface area (Å²) in [6.45, 7) is 1.67. The second kappa shape index (κ2) is 16.7. The lowest BCUT2D eigenvalue weighted by Crippen LogP contribution is -2.38. The van der Waals surface area contributed by atoms with Gasteiger partial charge >= 0.3 is 5.97 Å². The van der Waals surface area contributed by atoms with Crippen molar-refractivity contribution in [2.45, 2.75) is 0 Å². The molecule has 0 atom stereocenters. The van der Waals surface area contributed by atoms with Crippen LogP contribution in [0.3, 0.4) is 0 Å². The van der Waals surface area contributed by atoms with E-state index in [1.54, 1.807) is 7.05 Å². The number of carboxylic acids is 1. The molecular weight excluding hydrogens is 350 g/mol. The summed E-state index contributed by atoms with van der Waals surface area (Å²) in [7, 11) is 1.54. The SMILES string of the molecule is CN(CC(=O)O)CC(=O)NCCOCCOCC(=O)NCCOCCO. The number of hydrogen-bond acceptors (Lipinski definition) is 8. The number of likely N-dealkylation sites (N-methyl/N-ethyl adjacent to an activating group) is 1. The van der Waals surface area contributed by atoms with Crippen molar-refractivity contribution in [3.63, 3.8) is 0 Å². The molecule has 0 radical (unpaired) electrons. The van der Waals surface area contributed by atoms with Crippen LogP contribution in [0.2, 0.25) is 0 Å². The summed E-state index contributed by atoms with van der Waals surface area (Å²) in [4.78, 5) is 34.7. The fourth-order valence-electron chi connectivity index (χ4n) is 1.72. The van der Waals surface area contributed by atoms with E-state index in [2.05, 4.69) is 10.6 Å². The third kappa shape index (κ3) is 17.0. The highest BCUT2D eigenvalue weighted by Crippen LogP contribution is 1.83. The van der Waals surface area contributed by atoms with Crippen molar-refractivity contribution in [1.82, 2.24) is 15.5 Å². The molecule has 26 heavy (non-hydrogen) atoms. The third-order valence-corrected chi connectivity index (χ3v) is 2.80. The standard InChI is InChI=1S/C15H29N3O8/c1-18(11-15(22)23)10-13(20)16-2-6-25-8-9-26-12-14(21)17-3-5-24-7-4-19/h19H,2-12H2,1H3,(H,16,20)(H,17,21)(H,22,23). The Labute approximate surface area is 152 Å². The summed E-state index contributed by atoms with van der Waals surface area (Å²) in [5.41, 5.74) is 0. The van der Waals surface area contributed by atoms with Crippen molar-refractivity contribution >= 4 is 17.8 Å². The summed E-state index contributed by atoms with van der Waals surface area (Å²) < 4.78 is 15.3. The first-order valence-corrected chi connectivity index (χ1v) is 8.23. The minimum Gasteiger partial charge on any atom is -0.480 e. The van der Waals surface area contributed by atoms with E-state index >= 15 is 0 Å². The van der Waals surface area contributed by atoms with Crippen molar-refractivity contribution in [3.8, 4) is 0 Å². The number of carbonyl (C=O) groups excluding carboxylic acids is 2. The van der Waals surface area contributed by atoms with Crippen LogP contribution in [0.25, 0.3) is 0 Å². The van der Waals surface area contributed by atoms with Gasteiger partial charge in [-0.15, -0.1) is 0 Å². The highest BCUT2D eigenvalue weighted by atomic mass is 16.5. The zero-order valence-corrected chi connectivity index (χ0v) is 15.1. The summed E-state index contributed by atoms with van der Waals surface area (Å²) in [5.74, 6) is -1.55. The van der Waals surface area contributed by atoms with Crippen LogP contribution in [0, 0.1) is 0 Å². The Bertz CT molecular complexity index is 408. The molecule has 0 spiro atoms. The number of rotatable bonds is 17. The van der Waals surface area contributed by atoms with Crippen LogP contribution in [-0.4, -0.2) is 112 Å². The van der Waals surface area contributed by atoms with Gasteiger partial charge in [0, 0.05) is 13.1 Å². The Balaban J connectivity index is 3.38. The number of nitrogens with one attached hydrogen (secondary N) is 2. The molecule has 11 heteroatoms. The monoisotopic (exact) mass is 379 g/mol. The van der Waals surface area contributed by atoms with Crippen LogP contribution < -0.4 is 10.6 Å². The van der Waals surface area contributed by atoms with Gasteiger partial charge in [-0.25, -0.2) is 0 Å². The van der Waals surface area contributed by atoms with E-state index in [0.29, 0.717) is 19.7 Å². The average Bonchev–Trinajstić information content (AvgIpc) is 2.56. The number of aliphatic hydroxyl groups is 1. The smallest absolute Gasteiger partial charge is 0.317 e. The number of amides is 2. The lowest BCUT2D eigenvalue weighted by Gasteiger charge is -2.13. The third-order valence-electron chi connectivity index (χ3n) is 2.80. The maximum absolute atomic E-state index is 11.5. The predicted molar refractivity (Wildman–Crippen MR) is 90.7 cm³/mol. The lowest BCUT2D eigenvalue weighted by atomic mass is 10.4. The van der Waals surface area contributed by atoms with Gasteiger partial charge < -0.3 is 35.1 Å². The molecule has 0 fully saturated rings. The number of carboxylic acid groups (broad SMARTS) is 1. The van der Waals surface area contributed by atoms with Crippen molar-refractivity contribution in [2.75, 3.05) is 79.5 Å². The quantitative estimate of drug-likeness (QED) is 0.198. The molecule has 11 nitrogen and oxygen atoms in total. The summed E-state index contributed by atoms with van der Waals surface area (Å²) in [6.07, 6.45) is 0. The number of nitrogens with zero attached hydrogens (tertiary/aromatic N) is 1. The molecule has 2 amide bonds. The topological polar surface area (TPSA) is 147 Å². The first kappa shape index (κ1) is 24.2. The number of hydrogen-bond donors (Lipinski definition) is 4. The van der Waals surface area contributed by atoms with Crippen LogP contribution in [0.5, 0.6) is 0 Å². The molecule has 0 aromatic rings. The Kier molecular flexibility index (Phi) is 15.5. The second-order valence-electron chi connectivity index (χ2n) is 5.27. The van der Waals surface area contributed by atoms with Crippen molar-refractivity contribution < 1.29 is 38.8 Å². The normalized spacial score (nSPS) is 10.7. The Morgan fingerprint density at radius 2 is 1.42 bits per heavy atom. The molecule has 0 aliphatic carbocycles. The fourth-order valence-corrected chi connectivity index (χ4v) is 1.72. The van der Waals surface area contributed by atoms with Crippen molar-refractivity contribution in [3.05, 3.63) is 0 Å². The molecule has 0 heterocycles. The molecule has 152 valence electrons. The highest BCUT2D eigenvalue weighted by molar-refractivity contribution is 5.79. The van der Waals surface area contributed by atoms with Gasteiger partial charge in [-0.3, -0.25) is 19.3 Å². The molecule has 0 aromatic carbocycles. The van der Waals surface area contributed by atoms with Crippen LogP contribution in [0.15, 0.2) is 0 Å². The van der Waals surface area contributed by atoms with E-state index < -0.39 is 5.97 Å². The van der Waals surface area contributed by atoms with Gasteiger partial charge in [0.15, 0.2) is 0 Å². The van der Waals surface area contributed by atoms with E-state index in [1.807, 2.05) is 0 Å². The minimum absolute atomic E-state index is 0.00440. The van der Waals surface area contributed by atoms with E-state index in [0.717, 1.165) is 0 Å². The zero-order valence-electron chi connectivity index (χ0n) is 15.1. The average molecular weight is 379 g/mol. The second-order valence-corrected chi connectivity index (χ2v) is 5.27. The molecule has 0 unspecified atom stereocenters. The first-order chi connectivity index (χ1) is 12.5. The van der Waals surface area contributed by atoms with E-state index in [4.69, 9.17) is 24.4 Å². The number of ether oxygens (including phenoxy) is 3. The van der Waals surface area contributed by atoms with E-state index in [1.165, 1.54) is 4.90 Å². The molecule has 4 N–H and O–H groups in total. The molecule has 0 saturated heterocycles. The predicted octanol–water partition coefficient (Wildman–Crippen LogP) is -2.72. The Morgan fingerprint density at radius 1 is 0.846 bits per heavy atom. The Morgan fingerprint density at radius 3 is 2.04 bits per heavy atom. The molecule has 0 saturated carbocycles. The van der Waals surface area contributed by atoms with Crippen LogP contribution in [-0.2, 0) is 28.6 Å². The summed E-state index contributed by atoms with van der Waals surface area (Å²) >= 11 is 0. The van der Waals surface area contributed by atoms with Gasteiger partial charge in [0.1, 0.15) is 6.61 Å². The van der Waals surface area contributed by atoms with Crippen molar-refractivity contribution in [1.29, 1.82) is 0 Å². The minimum atomic E-state index is -0.993. The number of aliphatic carboxylic acids is 1. The van der Waals surface area contributed by atoms with Crippen LogP contribution in [0.1, 0.15) is 0 Å². The van der Waals surface area contributed by atoms with Crippen molar-refractivity contribution in [2.24, 2.45) is 0 Å². The van der Waals surface area contributed by atoms with Crippen LogP contribution >= 0.6 is 0 Å².